The molecule has 0 saturated carbocycles. The molecule has 19 heavy (non-hydrogen) atoms. The Hall–Kier alpha value is -1.80. The van der Waals surface area contributed by atoms with Crippen molar-refractivity contribution in [3.63, 3.8) is 0 Å². The molecule has 98 valence electrons. The van der Waals surface area contributed by atoms with Crippen molar-refractivity contribution < 1.29 is 4.74 Å². The Morgan fingerprint density at radius 2 is 1.74 bits per heavy atom. The molecule has 2 aromatic rings. The molecule has 2 N–H and O–H groups in total. The average molecular weight is 253 g/mol. The topological polar surface area (TPSA) is 35.2 Å². The highest BCUT2D eigenvalue weighted by atomic mass is 16.5. The molecule has 0 bridgehead atoms. The van der Waals surface area contributed by atoms with Gasteiger partial charge in [-0.1, -0.05) is 36.4 Å². The standard InChI is InChI=1S/C17H19NO/c1-19-16-8-4-7-14(11-16)17(18)15-9-12-5-2-3-6-13(12)10-15/h2-8,11,15,17H,9-10,18H2,1H3. The van der Waals surface area contributed by atoms with E-state index in [1.54, 1.807) is 7.11 Å². The molecule has 1 atom stereocenters. The molecular weight excluding hydrogens is 234 g/mol. The van der Waals surface area contributed by atoms with Crippen molar-refractivity contribution in [2.45, 2.75) is 18.9 Å². The lowest BCUT2D eigenvalue weighted by Crippen LogP contribution is -2.21. The molecule has 1 unspecified atom stereocenters. The van der Waals surface area contributed by atoms with E-state index >= 15 is 0 Å². The average Bonchev–Trinajstić information content (AvgIpc) is 2.90. The van der Waals surface area contributed by atoms with Crippen LogP contribution in [-0.2, 0) is 12.8 Å². The van der Waals surface area contributed by atoms with E-state index < -0.39 is 0 Å². The summed E-state index contributed by atoms with van der Waals surface area (Å²) in [6.07, 6.45) is 2.16. The van der Waals surface area contributed by atoms with Gasteiger partial charge in [-0.05, 0) is 47.6 Å². The van der Waals surface area contributed by atoms with Crippen LogP contribution in [0.25, 0.3) is 0 Å². The van der Waals surface area contributed by atoms with Gasteiger partial charge in [-0.15, -0.1) is 0 Å². The summed E-state index contributed by atoms with van der Waals surface area (Å²) < 4.78 is 5.27. The third-order valence-electron chi connectivity index (χ3n) is 4.07. The van der Waals surface area contributed by atoms with Gasteiger partial charge in [0.1, 0.15) is 5.75 Å². The zero-order valence-electron chi connectivity index (χ0n) is 11.2. The molecule has 0 saturated heterocycles. The number of nitrogens with two attached hydrogens (primary N) is 1. The Morgan fingerprint density at radius 1 is 1.05 bits per heavy atom. The maximum atomic E-state index is 6.45. The number of methoxy groups -OCH3 is 1. The summed E-state index contributed by atoms with van der Waals surface area (Å²) in [4.78, 5) is 0. The summed E-state index contributed by atoms with van der Waals surface area (Å²) in [5.41, 5.74) is 10.5. The minimum Gasteiger partial charge on any atom is -0.497 e. The molecule has 3 rings (SSSR count). The van der Waals surface area contributed by atoms with Crippen molar-refractivity contribution in [3.8, 4) is 5.75 Å². The smallest absolute Gasteiger partial charge is 0.119 e. The third-order valence-corrected chi connectivity index (χ3v) is 4.07. The van der Waals surface area contributed by atoms with E-state index in [0.717, 1.165) is 24.2 Å². The normalized spacial score (nSPS) is 16.1. The number of rotatable bonds is 3. The molecule has 1 aliphatic rings. The highest BCUT2D eigenvalue weighted by molar-refractivity contribution is 5.36. The molecule has 2 nitrogen and oxygen atoms in total. The van der Waals surface area contributed by atoms with Crippen molar-refractivity contribution in [1.29, 1.82) is 0 Å². The molecule has 0 amide bonds. The highest BCUT2D eigenvalue weighted by Crippen LogP contribution is 2.34. The first-order chi connectivity index (χ1) is 9.28. The second kappa shape index (κ2) is 5.06. The Kier molecular flexibility index (Phi) is 3.26. The SMILES string of the molecule is COc1cccc(C(N)C2Cc3ccccc3C2)c1. The van der Waals surface area contributed by atoms with Gasteiger partial charge in [-0.25, -0.2) is 0 Å². The van der Waals surface area contributed by atoms with Crippen LogP contribution in [0, 0.1) is 5.92 Å². The molecule has 2 heteroatoms. The van der Waals surface area contributed by atoms with Gasteiger partial charge in [-0.2, -0.15) is 0 Å². The van der Waals surface area contributed by atoms with Gasteiger partial charge in [0.15, 0.2) is 0 Å². The lowest BCUT2D eigenvalue weighted by molar-refractivity contribution is 0.410. The molecule has 0 fully saturated rings. The van der Waals surface area contributed by atoms with E-state index in [-0.39, 0.29) is 6.04 Å². The molecule has 0 heterocycles. The van der Waals surface area contributed by atoms with Crippen LogP contribution >= 0.6 is 0 Å². The Labute approximate surface area is 114 Å². The number of benzene rings is 2. The molecule has 0 radical (unpaired) electrons. The molecule has 0 aromatic heterocycles. The number of hydrogen-bond acceptors (Lipinski definition) is 2. The quantitative estimate of drug-likeness (QED) is 0.912. The largest absolute Gasteiger partial charge is 0.497 e. The lowest BCUT2D eigenvalue weighted by Gasteiger charge is -2.19. The first-order valence-electron chi connectivity index (χ1n) is 6.74. The van der Waals surface area contributed by atoms with E-state index in [2.05, 4.69) is 30.3 Å². The van der Waals surface area contributed by atoms with Crippen LogP contribution in [0.15, 0.2) is 48.5 Å². The number of ether oxygens (including phenoxy) is 1. The van der Waals surface area contributed by atoms with Crippen LogP contribution in [0.2, 0.25) is 0 Å². The predicted molar refractivity (Wildman–Crippen MR) is 77.3 cm³/mol. The third kappa shape index (κ3) is 2.36. The molecule has 0 spiro atoms. The maximum absolute atomic E-state index is 6.45. The van der Waals surface area contributed by atoms with Gasteiger partial charge in [0.05, 0.1) is 7.11 Å². The summed E-state index contributed by atoms with van der Waals surface area (Å²) in [7, 11) is 1.69. The summed E-state index contributed by atoms with van der Waals surface area (Å²) in [6, 6.07) is 16.8. The first-order valence-corrected chi connectivity index (χ1v) is 6.74. The maximum Gasteiger partial charge on any atom is 0.119 e. The van der Waals surface area contributed by atoms with Crippen LogP contribution in [0.4, 0.5) is 0 Å². The van der Waals surface area contributed by atoms with E-state index in [0.29, 0.717) is 5.92 Å². The lowest BCUT2D eigenvalue weighted by atomic mass is 9.91. The Bertz CT molecular complexity index is 554. The molecule has 1 aliphatic carbocycles. The van der Waals surface area contributed by atoms with E-state index in [9.17, 15) is 0 Å². The van der Waals surface area contributed by atoms with Crippen molar-refractivity contribution >= 4 is 0 Å². The van der Waals surface area contributed by atoms with Crippen LogP contribution < -0.4 is 10.5 Å². The number of hydrogen-bond donors (Lipinski definition) is 1. The van der Waals surface area contributed by atoms with Crippen molar-refractivity contribution in [2.24, 2.45) is 11.7 Å². The summed E-state index contributed by atoms with van der Waals surface area (Å²) in [5.74, 6) is 1.37. The summed E-state index contributed by atoms with van der Waals surface area (Å²) in [5, 5.41) is 0. The summed E-state index contributed by atoms with van der Waals surface area (Å²) in [6.45, 7) is 0. The monoisotopic (exact) mass is 253 g/mol. The van der Waals surface area contributed by atoms with Crippen molar-refractivity contribution in [1.82, 2.24) is 0 Å². The van der Waals surface area contributed by atoms with E-state index in [4.69, 9.17) is 10.5 Å². The van der Waals surface area contributed by atoms with Crippen LogP contribution in [-0.4, -0.2) is 7.11 Å². The van der Waals surface area contributed by atoms with Crippen molar-refractivity contribution in [2.75, 3.05) is 7.11 Å². The Morgan fingerprint density at radius 3 is 2.37 bits per heavy atom. The van der Waals surface area contributed by atoms with Gasteiger partial charge in [0.25, 0.3) is 0 Å². The molecule has 2 aromatic carbocycles. The van der Waals surface area contributed by atoms with Gasteiger partial charge in [0, 0.05) is 6.04 Å². The molecular formula is C17H19NO. The second-order valence-electron chi connectivity index (χ2n) is 5.24. The molecule has 0 aliphatic heterocycles. The van der Waals surface area contributed by atoms with Crippen LogP contribution in [0.3, 0.4) is 0 Å². The minimum absolute atomic E-state index is 0.0718. The fraction of sp³-hybridized carbons (Fsp3) is 0.294. The van der Waals surface area contributed by atoms with Gasteiger partial charge >= 0.3 is 0 Å². The minimum atomic E-state index is 0.0718. The zero-order valence-corrected chi connectivity index (χ0v) is 11.2. The predicted octanol–water partition coefficient (Wildman–Crippen LogP) is 3.11. The summed E-state index contributed by atoms with van der Waals surface area (Å²) >= 11 is 0. The number of fused-ring (bicyclic) bond motifs is 1. The van der Waals surface area contributed by atoms with E-state index in [1.165, 1.54) is 11.1 Å². The van der Waals surface area contributed by atoms with Gasteiger partial charge in [0.2, 0.25) is 0 Å². The second-order valence-corrected chi connectivity index (χ2v) is 5.24. The fourth-order valence-corrected chi connectivity index (χ4v) is 2.97. The Balaban J connectivity index is 1.80. The van der Waals surface area contributed by atoms with Gasteiger partial charge < -0.3 is 10.5 Å². The van der Waals surface area contributed by atoms with E-state index in [1.807, 2.05) is 18.2 Å². The van der Waals surface area contributed by atoms with Crippen molar-refractivity contribution in [3.05, 3.63) is 65.2 Å². The first kappa shape index (κ1) is 12.2. The van der Waals surface area contributed by atoms with Crippen LogP contribution in [0.5, 0.6) is 5.75 Å². The fourth-order valence-electron chi connectivity index (χ4n) is 2.97. The zero-order chi connectivity index (χ0) is 13.2. The highest BCUT2D eigenvalue weighted by Gasteiger charge is 2.27. The van der Waals surface area contributed by atoms with Gasteiger partial charge in [-0.3, -0.25) is 0 Å². The van der Waals surface area contributed by atoms with Crippen LogP contribution in [0.1, 0.15) is 22.7 Å².